The summed E-state index contributed by atoms with van der Waals surface area (Å²) in [6.45, 7) is 1.93. The van der Waals surface area contributed by atoms with E-state index >= 15 is 0 Å². The number of hydrogen-bond donors (Lipinski definition) is 0. The first-order valence-electron chi connectivity index (χ1n) is 5.72. The fourth-order valence-electron chi connectivity index (χ4n) is 1.63. The molecule has 0 unspecified atom stereocenters. The molecule has 7 heteroatoms. The second-order valence-corrected chi connectivity index (χ2v) is 5.46. The van der Waals surface area contributed by atoms with Gasteiger partial charge in [0.25, 0.3) is 0 Å². The zero-order valence-corrected chi connectivity index (χ0v) is 13.2. The second-order valence-electron chi connectivity index (χ2n) is 4.03. The van der Waals surface area contributed by atoms with E-state index in [-0.39, 0.29) is 0 Å². The number of benzene rings is 1. The van der Waals surface area contributed by atoms with Crippen molar-refractivity contribution in [1.82, 2.24) is 9.97 Å². The number of rotatable bonds is 2. The summed E-state index contributed by atoms with van der Waals surface area (Å²) < 4.78 is 38.3. The van der Waals surface area contributed by atoms with Crippen molar-refractivity contribution in [1.29, 1.82) is 0 Å². The van der Waals surface area contributed by atoms with E-state index in [1.54, 1.807) is 0 Å². The van der Waals surface area contributed by atoms with Gasteiger partial charge in [-0.1, -0.05) is 30.7 Å². The molecule has 0 aliphatic carbocycles. The maximum Gasteiger partial charge on any atom is 0.416 e. The molecule has 1 aromatic heterocycles. The van der Waals surface area contributed by atoms with Crippen molar-refractivity contribution in [2.24, 2.45) is 0 Å². The smallest absolute Gasteiger partial charge is 0.232 e. The van der Waals surface area contributed by atoms with Crippen molar-refractivity contribution >= 4 is 34.2 Å². The van der Waals surface area contributed by atoms with Crippen LogP contribution in [0.5, 0.6) is 0 Å². The van der Waals surface area contributed by atoms with Gasteiger partial charge in [0.15, 0.2) is 5.82 Å². The summed E-state index contributed by atoms with van der Waals surface area (Å²) >= 11 is 8.06. The lowest BCUT2D eigenvalue weighted by Gasteiger charge is -2.09. The predicted octanol–water partition coefficient (Wildman–Crippen LogP) is 4.98. The molecule has 106 valence electrons. The molecule has 20 heavy (non-hydrogen) atoms. The van der Waals surface area contributed by atoms with Gasteiger partial charge in [0.2, 0.25) is 0 Å². The molecule has 0 aliphatic heterocycles. The third kappa shape index (κ3) is 3.22. The maximum absolute atomic E-state index is 12.5. The first-order valence-corrected chi connectivity index (χ1v) is 7.18. The van der Waals surface area contributed by atoms with Crippen molar-refractivity contribution < 1.29 is 13.2 Å². The fraction of sp³-hybridized carbons (Fsp3) is 0.231. The number of alkyl halides is 3. The standard InChI is InChI=1S/C13H9ClF3IN2/c1-2-9-10(18)11(14)20-12(19-9)7-3-5-8(6-4-7)13(15,16)17/h3-6H,2H2,1H3. The molecule has 0 saturated heterocycles. The Morgan fingerprint density at radius 1 is 1.15 bits per heavy atom. The molecule has 0 atom stereocenters. The lowest BCUT2D eigenvalue weighted by Crippen LogP contribution is -2.04. The summed E-state index contributed by atoms with van der Waals surface area (Å²) in [5.41, 5.74) is 0.583. The van der Waals surface area contributed by atoms with Gasteiger partial charge in [-0.3, -0.25) is 0 Å². The minimum atomic E-state index is -4.35. The zero-order chi connectivity index (χ0) is 14.9. The summed E-state index contributed by atoms with van der Waals surface area (Å²) in [7, 11) is 0. The molecule has 0 radical (unpaired) electrons. The van der Waals surface area contributed by atoms with E-state index in [1.807, 2.05) is 6.92 Å². The van der Waals surface area contributed by atoms with E-state index in [0.717, 1.165) is 21.4 Å². The molecule has 0 aliphatic rings. The largest absolute Gasteiger partial charge is 0.416 e. The van der Waals surface area contributed by atoms with Crippen LogP contribution >= 0.6 is 34.2 Å². The summed E-state index contributed by atoms with van der Waals surface area (Å²) in [5.74, 6) is 0.334. The second kappa shape index (κ2) is 5.85. The van der Waals surface area contributed by atoms with Crippen molar-refractivity contribution in [2.75, 3.05) is 0 Å². The van der Waals surface area contributed by atoms with Crippen LogP contribution in [0.15, 0.2) is 24.3 Å². The summed E-state index contributed by atoms with van der Waals surface area (Å²) in [4.78, 5) is 8.44. The Hall–Kier alpha value is -0.890. The Labute approximate surface area is 132 Å². The normalized spacial score (nSPS) is 11.7. The highest BCUT2D eigenvalue weighted by atomic mass is 127. The Balaban J connectivity index is 2.44. The van der Waals surface area contributed by atoms with Gasteiger partial charge in [-0.25, -0.2) is 9.97 Å². The fourth-order valence-corrected chi connectivity index (χ4v) is 2.45. The van der Waals surface area contributed by atoms with E-state index in [0.29, 0.717) is 23.0 Å². The van der Waals surface area contributed by atoms with E-state index in [9.17, 15) is 13.2 Å². The number of halogens is 5. The molecule has 0 saturated carbocycles. The van der Waals surface area contributed by atoms with Crippen molar-refractivity contribution in [3.8, 4) is 11.4 Å². The van der Waals surface area contributed by atoms with Gasteiger partial charge in [0.05, 0.1) is 14.8 Å². The first kappa shape index (κ1) is 15.5. The molecule has 2 rings (SSSR count). The van der Waals surface area contributed by atoms with Gasteiger partial charge in [-0.2, -0.15) is 13.2 Å². The van der Waals surface area contributed by atoms with Gasteiger partial charge in [-0.05, 0) is 41.1 Å². The molecule has 0 N–H and O–H groups in total. The van der Waals surface area contributed by atoms with Crippen LogP contribution in [0.3, 0.4) is 0 Å². The average Bonchev–Trinajstić information content (AvgIpc) is 2.41. The number of hydrogen-bond acceptors (Lipinski definition) is 2. The predicted molar refractivity (Wildman–Crippen MR) is 79.6 cm³/mol. The quantitative estimate of drug-likeness (QED) is 0.513. The number of nitrogens with zero attached hydrogens (tertiary/aromatic N) is 2. The lowest BCUT2D eigenvalue weighted by molar-refractivity contribution is -0.137. The molecular formula is C13H9ClF3IN2. The van der Waals surface area contributed by atoms with Gasteiger partial charge >= 0.3 is 6.18 Å². The highest BCUT2D eigenvalue weighted by Crippen LogP contribution is 2.31. The average molecular weight is 413 g/mol. The van der Waals surface area contributed by atoms with Crippen molar-refractivity contribution in [3.63, 3.8) is 0 Å². The Bertz CT molecular complexity index is 627. The molecule has 0 bridgehead atoms. The summed E-state index contributed by atoms with van der Waals surface area (Å²) in [5, 5.41) is 0.312. The van der Waals surface area contributed by atoms with E-state index in [4.69, 9.17) is 11.6 Å². The maximum atomic E-state index is 12.5. The van der Waals surface area contributed by atoms with Gasteiger partial charge in [0.1, 0.15) is 5.15 Å². The minimum absolute atomic E-state index is 0.312. The topological polar surface area (TPSA) is 25.8 Å². The van der Waals surface area contributed by atoms with Gasteiger partial charge < -0.3 is 0 Å². The van der Waals surface area contributed by atoms with Crippen LogP contribution in [-0.2, 0) is 12.6 Å². The molecular weight excluding hydrogens is 404 g/mol. The van der Waals surface area contributed by atoms with Crippen LogP contribution in [-0.4, -0.2) is 9.97 Å². The Morgan fingerprint density at radius 3 is 2.25 bits per heavy atom. The van der Waals surface area contributed by atoms with Crippen molar-refractivity contribution in [3.05, 3.63) is 44.2 Å². The van der Waals surface area contributed by atoms with Gasteiger partial charge in [-0.15, -0.1) is 0 Å². The zero-order valence-electron chi connectivity index (χ0n) is 10.3. The third-order valence-corrected chi connectivity index (χ3v) is 4.41. The third-order valence-electron chi connectivity index (χ3n) is 2.68. The summed E-state index contributed by atoms with van der Waals surface area (Å²) in [6, 6.07) is 4.72. The molecule has 1 aromatic carbocycles. The van der Waals surface area contributed by atoms with Crippen LogP contribution in [0.1, 0.15) is 18.2 Å². The molecule has 0 spiro atoms. The monoisotopic (exact) mass is 412 g/mol. The minimum Gasteiger partial charge on any atom is -0.232 e. The SMILES string of the molecule is CCc1nc(-c2ccc(C(F)(F)F)cc2)nc(Cl)c1I. The highest BCUT2D eigenvalue weighted by Gasteiger charge is 2.30. The molecule has 2 nitrogen and oxygen atoms in total. The molecule has 1 heterocycles. The summed E-state index contributed by atoms with van der Waals surface area (Å²) in [6.07, 6.45) is -3.67. The van der Waals surface area contributed by atoms with Gasteiger partial charge in [0, 0.05) is 5.56 Å². The first-order chi connectivity index (χ1) is 9.32. The molecule has 0 fully saturated rings. The highest BCUT2D eigenvalue weighted by molar-refractivity contribution is 14.1. The van der Waals surface area contributed by atoms with Crippen LogP contribution in [0.2, 0.25) is 5.15 Å². The van der Waals surface area contributed by atoms with Crippen LogP contribution in [0, 0.1) is 3.57 Å². The van der Waals surface area contributed by atoms with E-state index in [1.165, 1.54) is 12.1 Å². The Kier molecular flexibility index (Phi) is 4.53. The lowest BCUT2D eigenvalue weighted by atomic mass is 10.1. The number of aryl methyl sites for hydroxylation is 1. The van der Waals surface area contributed by atoms with Crippen LogP contribution in [0.4, 0.5) is 13.2 Å². The van der Waals surface area contributed by atoms with Crippen LogP contribution < -0.4 is 0 Å². The Morgan fingerprint density at radius 2 is 1.75 bits per heavy atom. The van der Waals surface area contributed by atoms with E-state index in [2.05, 4.69) is 32.6 Å². The van der Waals surface area contributed by atoms with Crippen molar-refractivity contribution in [2.45, 2.75) is 19.5 Å². The van der Waals surface area contributed by atoms with Crippen LogP contribution in [0.25, 0.3) is 11.4 Å². The van der Waals surface area contributed by atoms with E-state index < -0.39 is 11.7 Å². The molecule has 2 aromatic rings. The molecule has 0 amide bonds. The number of aromatic nitrogens is 2.